The van der Waals surface area contributed by atoms with E-state index < -0.39 is 11.6 Å². The van der Waals surface area contributed by atoms with Gasteiger partial charge in [0.05, 0.1) is 12.2 Å². The van der Waals surface area contributed by atoms with E-state index in [-0.39, 0.29) is 12.2 Å². The van der Waals surface area contributed by atoms with Crippen LogP contribution in [0.5, 0.6) is 0 Å². The number of alkyl halides is 1. The van der Waals surface area contributed by atoms with E-state index in [0.717, 1.165) is 5.56 Å². The predicted molar refractivity (Wildman–Crippen MR) is 109 cm³/mol. The van der Waals surface area contributed by atoms with Crippen LogP contribution in [-0.4, -0.2) is 57.6 Å². The maximum absolute atomic E-state index is 15.1. The molecule has 1 saturated heterocycles. The number of carbonyl (C=O) groups is 1. The number of nitrogens with zero attached hydrogens (tertiary/aromatic N) is 4. The molecule has 5 N–H and O–H groups in total. The lowest BCUT2D eigenvalue weighted by Crippen LogP contribution is -2.43. The van der Waals surface area contributed by atoms with Gasteiger partial charge >= 0.3 is 0 Å². The lowest BCUT2D eigenvalue weighted by molar-refractivity contribution is 0.0996. The molecule has 10 heteroatoms. The number of anilines is 2. The van der Waals surface area contributed by atoms with Gasteiger partial charge in [0, 0.05) is 31.2 Å². The molecule has 0 atom stereocenters. The molecule has 4 heterocycles. The number of aromatic nitrogens is 4. The first kappa shape index (κ1) is 19.1. The highest BCUT2D eigenvalue weighted by Crippen LogP contribution is 2.27. The van der Waals surface area contributed by atoms with Gasteiger partial charge in [0.15, 0.2) is 11.5 Å². The van der Waals surface area contributed by atoms with Gasteiger partial charge in [-0.3, -0.25) is 4.79 Å². The Morgan fingerprint density at radius 1 is 1.34 bits per heavy atom. The van der Waals surface area contributed by atoms with Gasteiger partial charge in [-0.25, -0.2) is 19.3 Å². The third-order valence-corrected chi connectivity index (χ3v) is 5.07. The molecular weight excluding hydrogens is 375 g/mol. The molecule has 0 spiro atoms. The number of nitrogens with two attached hydrogens (primary N) is 1. The number of fused-ring (bicyclic) bond motifs is 1. The topological polar surface area (TPSA) is 122 Å². The SMILES string of the molecule is CNc1cc(-c2cn3cc(C(N)=O)nc3c(NCC3(F)CCNCC3)n2)ccn1. The lowest BCUT2D eigenvalue weighted by atomic mass is 9.94. The summed E-state index contributed by atoms with van der Waals surface area (Å²) in [7, 11) is 1.78. The van der Waals surface area contributed by atoms with Gasteiger partial charge < -0.3 is 26.1 Å². The Kier molecular flexibility index (Phi) is 5.01. The number of hydrogen-bond acceptors (Lipinski definition) is 7. The third-order valence-electron chi connectivity index (χ3n) is 5.07. The Bertz CT molecular complexity index is 1040. The Morgan fingerprint density at radius 3 is 2.86 bits per heavy atom. The summed E-state index contributed by atoms with van der Waals surface area (Å²) in [6, 6.07) is 3.68. The van der Waals surface area contributed by atoms with Crippen molar-refractivity contribution in [1.29, 1.82) is 0 Å². The fourth-order valence-corrected chi connectivity index (χ4v) is 3.39. The van der Waals surface area contributed by atoms with Crippen LogP contribution in [0.15, 0.2) is 30.7 Å². The molecule has 0 aliphatic carbocycles. The first-order valence-corrected chi connectivity index (χ1v) is 9.45. The monoisotopic (exact) mass is 398 g/mol. The number of rotatable bonds is 6. The summed E-state index contributed by atoms with van der Waals surface area (Å²) in [5.41, 5.74) is 6.05. The van der Waals surface area contributed by atoms with Crippen molar-refractivity contribution in [3.63, 3.8) is 0 Å². The molecule has 0 aromatic carbocycles. The Hall–Kier alpha value is -3.27. The van der Waals surface area contributed by atoms with Crippen LogP contribution in [0, 0.1) is 0 Å². The Balaban J connectivity index is 1.74. The van der Waals surface area contributed by atoms with Gasteiger partial charge in [-0.1, -0.05) is 0 Å². The van der Waals surface area contributed by atoms with Crippen molar-refractivity contribution in [1.82, 2.24) is 24.7 Å². The van der Waals surface area contributed by atoms with Crippen LogP contribution in [0.2, 0.25) is 0 Å². The summed E-state index contributed by atoms with van der Waals surface area (Å²) in [6.45, 7) is 1.39. The normalized spacial score (nSPS) is 15.9. The second-order valence-electron chi connectivity index (χ2n) is 7.13. The average Bonchev–Trinajstić information content (AvgIpc) is 3.17. The molecule has 1 aliphatic rings. The summed E-state index contributed by atoms with van der Waals surface area (Å²) >= 11 is 0. The van der Waals surface area contributed by atoms with E-state index in [0.29, 0.717) is 48.9 Å². The zero-order valence-corrected chi connectivity index (χ0v) is 16.1. The summed E-state index contributed by atoms with van der Waals surface area (Å²) < 4.78 is 16.7. The van der Waals surface area contributed by atoms with E-state index in [4.69, 9.17) is 5.73 Å². The smallest absolute Gasteiger partial charge is 0.268 e. The number of imidazole rings is 1. The molecule has 1 fully saturated rings. The molecule has 0 radical (unpaired) electrons. The van der Waals surface area contributed by atoms with E-state index in [9.17, 15) is 4.79 Å². The minimum absolute atomic E-state index is 0.109. The minimum atomic E-state index is -1.32. The molecule has 152 valence electrons. The summed E-state index contributed by atoms with van der Waals surface area (Å²) in [5, 5.41) is 9.26. The first-order chi connectivity index (χ1) is 14.0. The van der Waals surface area contributed by atoms with Gasteiger partial charge in [0.25, 0.3) is 5.91 Å². The lowest BCUT2D eigenvalue weighted by Gasteiger charge is -2.30. The molecule has 29 heavy (non-hydrogen) atoms. The number of halogens is 1. The van der Waals surface area contributed by atoms with Crippen LogP contribution < -0.4 is 21.7 Å². The molecule has 9 nitrogen and oxygen atoms in total. The average molecular weight is 398 g/mol. The van der Waals surface area contributed by atoms with Crippen molar-refractivity contribution in [2.45, 2.75) is 18.5 Å². The molecule has 0 bridgehead atoms. The third kappa shape index (κ3) is 3.97. The van der Waals surface area contributed by atoms with Crippen LogP contribution in [0.3, 0.4) is 0 Å². The van der Waals surface area contributed by atoms with E-state index in [1.165, 1.54) is 0 Å². The summed E-state index contributed by atoms with van der Waals surface area (Å²) in [6.07, 6.45) is 5.82. The summed E-state index contributed by atoms with van der Waals surface area (Å²) in [5.74, 6) is 0.455. The highest BCUT2D eigenvalue weighted by atomic mass is 19.1. The highest BCUT2D eigenvalue weighted by molar-refractivity contribution is 5.92. The molecular formula is C19H23FN8O. The van der Waals surface area contributed by atoms with Gasteiger partial charge in [-0.2, -0.15) is 0 Å². The van der Waals surface area contributed by atoms with Crippen molar-refractivity contribution >= 4 is 23.2 Å². The van der Waals surface area contributed by atoms with Gasteiger partial charge in [0.1, 0.15) is 17.2 Å². The molecule has 3 aromatic heterocycles. The molecule has 0 saturated carbocycles. The zero-order chi connectivity index (χ0) is 20.4. The maximum atomic E-state index is 15.1. The van der Waals surface area contributed by atoms with Gasteiger partial charge in [-0.15, -0.1) is 0 Å². The Labute approximate surface area is 166 Å². The second-order valence-corrected chi connectivity index (χ2v) is 7.13. The zero-order valence-electron chi connectivity index (χ0n) is 16.1. The molecule has 4 rings (SSSR count). The maximum Gasteiger partial charge on any atom is 0.268 e. The van der Waals surface area contributed by atoms with E-state index >= 15 is 4.39 Å². The van der Waals surface area contributed by atoms with E-state index in [1.54, 1.807) is 30.0 Å². The largest absolute Gasteiger partial charge is 0.373 e. The van der Waals surface area contributed by atoms with Crippen molar-refractivity contribution in [3.05, 3.63) is 36.4 Å². The van der Waals surface area contributed by atoms with Crippen molar-refractivity contribution in [2.75, 3.05) is 37.3 Å². The number of hydrogen-bond donors (Lipinski definition) is 4. The molecule has 3 aromatic rings. The van der Waals surface area contributed by atoms with Crippen molar-refractivity contribution in [2.24, 2.45) is 5.73 Å². The van der Waals surface area contributed by atoms with Gasteiger partial charge in [-0.05, 0) is 38.1 Å². The number of piperidine rings is 1. The molecule has 0 unspecified atom stereocenters. The molecule has 1 amide bonds. The minimum Gasteiger partial charge on any atom is -0.373 e. The highest BCUT2D eigenvalue weighted by Gasteiger charge is 2.31. The molecule has 1 aliphatic heterocycles. The van der Waals surface area contributed by atoms with Crippen LogP contribution >= 0.6 is 0 Å². The van der Waals surface area contributed by atoms with Crippen molar-refractivity contribution < 1.29 is 9.18 Å². The number of nitrogens with one attached hydrogen (secondary N) is 3. The second kappa shape index (κ2) is 7.63. The summed E-state index contributed by atoms with van der Waals surface area (Å²) in [4.78, 5) is 24.7. The van der Waals surface area contributed by atoms with Crippen LogP contribution in [0.1, 0.15) is 23.3 Å². The fraction of sp³-hybridized carbons (Fsp3) is 0.368. The number of pyridine rings is 1. The number of amides is 1. The van der Waals surface area contributed by atoms with Crippen molar-refractivity contribution in [3.8, 4) is 11.3 Å². The number of primary amides is 1. The van der Waals surface area contributed by atoms with Crippen LogP contribution in [0.4, 0.5) is 16.0 Å². The van der Waals surface area contributed by atoms with E-state index in [1.807, 2.05) is 12.1 Å². The van der Waals surface area contributed by atoms with E-state index in [2.05, 4.69) is 30.9 Å². The first-order valence-electron chi connectivity index (χ1n) is 9.45. The quantitative estimate of drug-likeness (QED) is 0.495. The number of carbonyl (C=O) groups excluding carboxylic acids is 1. The fourth-order valence-electron chi connectivity index (χ4n) is 3.39. The van der Waals surface area contributed by atoms with Gasteiger partial charge in [0.2, 0.25) is 0 Å². The Morgan fingerprint density at radius 2 is 2.14 bits per heavy atom. The van der Waals surface area contributed by atoms with Crippen LogP contribution in [-0.2, 0) is 0 Å². The standard InChI is InChI=1S/C19H23FN8O/c1-22-15-8-12(2-5-24-15)13-9-28-10-14(16(21)29)27-18(28)17(26-13)25-11-19(20)3-6-23-7-4-19/h2,5,8-10,23H,3-4,6-7,11H2,1H3,(H2,21,29)(H,22,24)(H,25,26). The van der Waals surface area contributed by atoms with Crippen LogP contribution in [0.25, 0.3) is 16.9 Å². The predicted octanol–water partition coefficient (Wildman–Crippen LogP) is 1.44.